The molecule has 3 aromatic carbocycles. The largest absolute Gasteiger partial charge is 0.484 e. The van der Waals surface area contributed by atoms with Crippen LogP contribution in [0.5, 0.6) is 5.75 Å². The number of nitrogens with one attached hydrogen (secondary N) is 2. The zero-order chi connectivity index (χ0) is 26.8. The summed E-state index contributed by atoms with van der Waals surface area (Å²) in [5, 5.41) is 3.15. The Hall–Kier alpha value is -3.12. The number of hydrogen-bond acceptors (Lipinski definition) is 6. The van der Waals surface area contributed by atoms with Crippen LogP contribution in [0.3, 0.4) is 0 Å². The molecule has 3 aromatic rings. The predicted molar refractivity (Wildman–Crippen MR) is 142 cm³/mol. The third kappa shape index (κ3) is 6.24. The van der Waals surface area contributed by atoms with Crippen molar-refractivity contribution in [1.29, 1.82) is 0 Å². The van der Waals surface area contributed by atoms with Crippen molar-refractivity contribution in [3.05, 3.63) is 77.3 Å². The quantitative estimate of drug-likeness (QED) is 0.408. The summed E-state index contributed by atoms with van der Waals surface area (Å²) in [6.45, 7) is 3.43. The van der Waals surface area contributed by atoms with Gasteiger partial charge in [0.1, 0.15) is 5.75 Å². The number of amides is 1. The fraction of sp³-hybridized carbons (Fsp3) is 0.240. The van der Waals surface area contributed by atoms with Crippen LogP contribution in [0.4, 0.5) is 11.4 Å². The molecule has 12 heteroatoms. The number of fused-ring (bicyclic) bond motifs is 1. The molecule has 0 spiro atoms. The summed E-state index contributed by atoms with van der Waals surface area (Å²) in [6.07, 6.45) is 0.553. The van der Waals surface area contributed by atoms with Gasteiger partial charge in [-0.15, -0.1) is 0 Å². The average molecular weight is 564 g/mol. The molecule has 0 saturated heterocycles. The van der Waals surface area contributed by atoms with Gasteiger partial charge < -0.3 is 10.1 Å². The summed E-state index contributed by atoms with van der Waals surface area (Å²) in [7, 11) is -7.42. The highest BCUT2D eigenvalue weighted by atomic mass is 35.5. The maximum atomic E-state index is 13.2. The molecule has 2 N–H and O–H groups in total. The molecule has 0 unspecified atom stereocenters. The number of carbonyl (C=O) groups excluding carboxylic acids is 1. The lowest BCUT2D eigenvalue weighted by Crippen LogP contribution is -2.30. The van der Waals surface area contributed by atoms with Crippen LogP contribution in [0.25, 0.3) is 0 Å². The maximum Gasteiger partial charge on any atom is 0.264 e. The normalized spacial score (nSPS) is 13.5. The first-order valence-electron chi connectivity index (χ1n) is 11.4. The zero-order valence-corrected chi connectivity index (χ0v) is 22.5. The van der Waals surface area contributed by atoms with E-state index < -0.39 is 26.0 Å². The summed E-state index contributed by atoms with van der Waals surface area (Å²) in [5.74, 6) is -0.129. The zero-order valence-electron chi connectivity index (χ0n) is 20.1. The summed E-state index contributed by atoms with van der Waals surface area (Å²) in [4.78, 5) is 12.7. The molecule has 0 aliphatic carbocycles. The lowest BCUT2D eigenvalue weighted by Gasteiger charge is -2.20. The van der Waals surface area contributed by atoms with E-state index in [9.17, 15) is 21.6 Å². The summed E-state index contributed by atoms with van der Waals surface area (Å²) in [6, 6.07) is 16.6. The molecular weight excluding hydrogens is 538 g/mol. The van der Waals surface area contributed by atoms with Gasteiger partial charge in [0.2, 0.25) is 10.0 Å². The number of benzene rings is 3. The summed E-state index contributed by atoms with van der Waals surface area (Å²) < 4.78 is 60.1. The molecule has 0 radical (unpaired) electrons. The molecule has 4 rings (SSSR count). The minimum Gasteiger partial charge on any atom is -0.484 e. The Morgan fingerprint density at radius 2 is 1.62 bits per heavy atom. The minimum absolute atomic E-state index is 0.0919. The van der Waals surface area contributed by atoms with E-state index in [-0.39, 0.29) is 22.4 Å². The van der Waals surface area contributed by atoms with Crippen molar-refractivity contribution in [2.24, 2.45) is 0 Å². The SMILES string of the molecule is CC(C)NS(=O)(=O)c1ccc(OCC(=O)Nc2ccc3c(c2)N(S(=O)(=O)c2ccc(Cl)cc2)CC3)cc1. The molecule has 1 aliphatic rings. The summed E-state index contributed by atoms with van der Waals surface area (Å²) in [5.41, 5.74) is 1.78. The third-order valence-electron chi connectivity index (χ3n) is 5.52. The van der Waals surface area contributed by atoms with Crippen LogP contribution >= 0.6 is 11.6 Å². The van der Waals surface area contributed by atoms with Crippen molar-refractivity contribution in [1.82, 2.24) is 4.72 Å². The fourth-order valence-electron chi connectivity index (χ4n) is 3.85. The van der Waals surface area contributed by atoms with Crippen molar-refractivity contribution in [2.75, 3.05) is 22.8 Å². The third-order valence-corrected chi connectivity index (χ3v) is 9.27. The Balaban J connectivity index is 1.41. The van der Waals surface area contributed by atoms with Crippen LogP contribution in [0.1, 0.15) is 19.4 Å². The van der Waals surface area contributed by atoms with Crippen LogP contribution in [0, 0.1) is 0 Å². The number of carbonyl (C=O) groups is 1. The maximum absolute atomic E-state index is 13.2. The number of hydrogen-bond donors (Lipinski definition) is 2. The van der Waals surface area contributed by atoms with E-state index in [0.29, 0.717) is 35.1 Å². The first-order chi connectivity index (χ1) is 17.5. The van der Waals surface area contributed by atoms with Gasteiger partial charge in [-0.3, -0.25) is 9.10 Å². The van der Waals surface area contributed by atoms with Crippen molar-refractivity contribution < 1.29 is 26.4 Å². The average Bonchev–Trinajstić information content (AvgIpc) is 3.27. The second-order valence-corrected chi connectivity index (χ2v) is 12.7. The lowest BCUT2D eigenvalue weighted by molar-refractivity contribution is -0.118. The molecule has 9 nitrogen and oxygen atoms in total. The van der Waals surface area contributed by atoms with E-state index in [0.717, 1.165) is 5.56 Å². The lowest BCUT2D eigenvalue weighted by atomic mass is 10.1. The highest BCUT2D eigenvalue weighted by Crippen LogP contribution is 2.35. The smallest absolute Gasteiger partial charge is 0.264 e. The first-order valence-corrected chi connectivity index (χ1v) is 14.7. The Kier molecular flexibility index (Phi) is 7.79. The van der Waals surface area contributed by atoms with Gasteiger partial charge >= 0.3 is 0 Å². The van der Waals surface area contributed by atoms with Gasteiger partial charge in [-0.1, -0.05) is 17.7 Å². The van der Waals surface area contributed by atoms with Gasteiger partial charge in [0, 0.05) is 23.3 Å². The Bertz CT molecular complexity index is 1510. The molecule has 1 amide bonds. The standard InChI is InChI=1S/C25H26ClN3O6S2/c1-17(2)28-36(31,32)22-11-7-21(8-12-22)35-16-25(30)27-20-6-3-18-13-14-29(24(18)15-20)37(33,34)23-9-4-19(26)5-10-23/h3-12,15,17,28H,13-14,16H2,1-2H3,(H,27,30). The first kappa shape index (κ1) is 26.9. The second-order valence-electron chi connectivity index (χ2n) is 8.71. The van der Waals surface area contributed by atoms with E-state index >= 15 is 0 Å². The Labute approximate surface area is 221 Å². The predicted octanol–water partition coefficient (Wildman–Crippen LogP) is 3.80. The minimum atomic E-state index is -3.79. The topological polar surface area (TPSA) is 122 Å². The van der Waals surface area contributed by atoms with Crippen LogP contribution < -0.4 is 19.1 Å². The van der Waals surface area contributed by atoms with Crippen LogP contribution in [0.15, 0.2) is 76.5 Å². The Morgan fingerprint density at radius 3 is 2.27 bits per heavy atom. The van der Waals surface area contributed by atoms with E-state index in [1.54, 1.807) is 32.0 Å². The van der Waals surface area contributed by atoms with E-state index in [1.807, 2.05) is 0 Å². The van der Waals surface area contributed by atoms with E-state index in [2.05, 4.69) is 10.0 Å². The van der Waals surface area contributed by atoms with Crippen LogP contribution in [0.2, 0.25) is 5.02 Å². The number of halogens is 1. The molecule has 37 heavy (non-hydrogen) atoms. The number of rotatable bonds is 9. The van der Waals surface area contributed by atoms with Crippen molar-refractivity contribution in [3.63, 3.8) is 0 Å². The van der Waals surface area contributed by atoms with Crippen LogP contribution in [-0.2, 0) is 31.3 Å². The molecule has 0 saturated carbocycles. The molecule has 196 valence electrons. The number of ether oxygens (including phenoxy) is 1. The highest BCUT2D eigenvalue weighted by molar-refractivity contribution is 7.92. The molecule has 0 aromatic heterocycles. The van der Waals surface area contributed by atoms with Crippen molar-refractivity contribution >= 4 is 48.9 Å². The highest BCUT2D eigenvalue weighted by Gasteiger charge is 2.31. The van der Waals surface area contributed by atoms with Gasteiger partial charge in [-0.25, -0.2) is 21.6 Å². The van der Waals surface area contributed by atoms with Gasteiger partial charge in [0.05, 0.1) is 15.5 Å². The molecule has 0 atom stereocenters. The van der Waals surface area contributed by atoms with Gasteiger partial charge in [-0.05, 0) is 86.5 Å². The van der Waals surface area contributed by atoms with Gasteiger partial charge in [-0.2, -0.15) is 0 Å². The fourth-order valence-corrected chi connectivity index (χ4v) is 6.72. The monoisotopic (exact) mass is 563 g/mol. The van der Waals surface area contributed by atoms with E-state index in [4.69, 9.17) is 16.3 Å². The molecular formula is C25H26ClN3O6S2. The number of sulfonamides is 2. The van der Waals surface area contributed by atoms with Gasteiger partial charge in [0.15, 0.2) is 6.61 Å². The van der Waals surface area contributed by atoms with Crippen LogP contribution in [-0.4, -0.2) is 41.9 Å². The molecule has 1 aliphatic heterocycles. The molecule has 0 fully saturated rings. The van der Waals surface area contributed by atoms with E-state index in [1.165, 1.54) is 52.8 Å². The van der Waals surface area contributed by atoms with Gasteiger partial charge in [0.25, 0.3) is 15.9 Å². The number of nitrogens with zero attached hydrogens (tertiary/aromatic N) is 1. The Morgan fingerprint density at radius 1 is 0.973 bits per heavy atom. The second kappa shape index (κ2) is 10.7. The summed E-state index contributed by atoms with van der Waals surface area (Å²) >= 11 is 5.89. The van der Waals surface area contributed by atoms with Crippen molar-refractivity contribution in [3.8, 4) is 5.75 Å². The number of anilines is 2. The molecule has 1 heterocycles. The van der Waals surface area contributed by atoms with Crippen molar-refractivity contribution in [2.45, 2.75) is 36.1 Å². The molecule has 0 bridgehead atoms.